The van der Waals surface area contributed by atoms with Gasteiger partial charge in [0.15, 0.2) is 0 Å². The second-order valence-electron chi connectivity index (χ2n) is 5.82. The fourth-order valence-corrected chi connectivity index (χ4v) is 2.38. The second kappa shape index (κ2) is 10.4. The lowest BCUT2D eigenvalue weighted by Gasteiger charge is -2.21. The molecule has 0 aliphatic heterocycles. The lowest BCUT2D eigenvalue weighted by Crippen LogP contribution is -2.45. The highest BCUT2D eigenvalue weighted by Crippen LogP contribution is 2.17. The predicted octanol–water partition coefficient (Wildman–Crippen LogP) is 1.86. The van der Waals surface area contributed by atoms with Crippen LogP contribution < -0.4 is 10.6 Å². The molecule has 1 aromatic rings. The number of amides is 3. The van der Waals surface area contributed by atoms with Crippen LogP contribution in [0, 0.1) is 11.7 Å². The van der Waals surface area contributed by atoms with Crippen molar-refractivity contribution in [3.63, 3.8) is 0 Å². The number of nitrogens with one attached hydrogen (secondary N) is 2. The van der Waals surface area contributed by atoms with E-state index in [1.807, 2.05) is 13.8 Å². The molecule has 6 nitrogen and oxygen atoms in total. The summed E-state index contributed by atoms with van der Waals surface area (Å²) in [7, 11) is 0. The van der Waals surface area contributed by atoms with Crippen LogP contribution in [0.15, 0.2) is 22.7 Å². The summed E-state index contributed by atoms with van der Waals surface area (Å²) in [4.78, 5) is 25.1. The average molecular weight is 404 g/mol. The van der Waals surface area contributed by atoms with Gasteiger partial charge in [-0.1, -0.05) is 29.8 Å². The fraction of sp³-hybridized carbons (Fsp3) is 0.500. The summed E-state index contributed by atoms with van der Waals surface area (Å²) < 4.78 is 14.5. The molecular weight excluding hydrogens is 381 g/mol. The molecule has 134 valence electrons. The van der Waals surface area contributed by atoms with Gasteiger partial charge in [0.2, 0.25) is 5.91 Å². The van der Waals surface area contributed by atoms with Gasteiger partial charge in [-0.05, 0) is 24.1 Å². The molecule has 0 fully saturated rings. The number of benzene rings is 1. The maximum absolute atomic E-state index is 13.8. The van der Waals surface area contributed by atoms with Crippen LogP contribution in [0.2, 0.25) is 0 Å². The first-order valence-electron chi connectivity index (χ1n) is 7.66. The van der Waals surface area contributed by atoms with Crippen LogP contribution in [-0.2, 0) is 11.3 Å². The number of imide groups is 1. The van der Waals surface area contributed by atoms with E-state index in [1.54, 1.807) is 17.0 Å². The zero-order valence-electron chi connectivity index (χ0n) is 13.8. The highest BCUT2D eigenvalue weighted by atomic mass is 79.9. The van der Waals surface area contributed by atoms with Gasteiger partial charge in [-0.25, -0.2) is 9.18 Å². The second-order valence-corrected chi connectivity index (χ2v) is 6.74. The number of hydrogen-bond donors (Lipinski definition) is 3. The van der Waals surface area contributed by atoms with Gasteiger partial charge in [-0.15, -0.1) is 0 Å². The van der Waals surface area contributed by atoms with Gasteiger partial charge in [-0.3, -0.25) is 15.0 Å². The van der Waals surface area contributed by atoms with Gasteiger partial charge in [0.25, 0.3) is 0 Å². The molecule has 1 aromatic carbocycles. The smallest absolute Gasteiger partial charge is 0.321 e. The van der Waals surface area contributed by atoms with Crippen LogP contribution in [0.5, 0.6) is 0 Å². The van der Waals surface area contributed by atoms with Gasteiger partial charge >= 0.3 is 6.03 Å². The van der Waals surface area contributed by atoms with Crippen molar-refractivity contribution in [2.45, 2.75) is 20.4 Å². The Hall–Kier alpha value is -1.51. The van der Waals surface area contributed by atoms with Crippen molar-refractivity contribution < 1.29 is 19.1 Å². The van der Waals surface area contributed by atoms with Crippen LogP contribution in [0.1, 0.15) is 19.4 Å². The van der Waals surface area contributed by atoms with Crippen LogP contribution in [-0.4, -0.2) is 48.2 Å². The Morgan fingerprint density at radius 3 is 2.71 bits per heavy atom. The molecule has 0 spiro atoms. The predicted molar refractivity (Wildman–Crippen MR) is 92.8 cm³/mol. The molecule has 0 heterocycles. The number of rotatable bonds is 8. The molecule has 1 rings (SSSR count). The van der Waals surface area contributed by atoms with Crippen LogP contribution in [0.25, 0.3) is 0 Å². The third-order valence-electron chi connectivity index (χ3n) is 3.11. The number of nitrogens with zero attached hydrogens (tertiary/aromatic N) is 1. The van der Waals surface area contributed by atoms with Crippen molar-refractivity contribution in [2.75, 3.05) is 26.2 Å². The summed E-state index contributed by atoms with van der Waals surface area (Å²) in [5.41, 5.74) is 0.398. The van der Waals surface area contributed by atoms with E-state index in [0.29, 0.717) is 12.1 Å². The quantitative estimate of drug-likeness (QED) is 0.618. The van der Waals surface area contributed by atoms with E-state index in [-0.39, 0.29) is 32.2 Å². The van der Waals surface area contributed by atoms with E-state index in [0.717, 1.165) is 4.47 Å². The average Bonchev–Trinajstić information content (AvgIpc) is 2.49. The Morgan fingerprint density at radius 1 is 1.38 bits per heavy atom. The monoisotopic (exact) mass is 403 g/mol. The first-order valence-corrected chi connectivity index (χ1v) is 8.46. The molecule has 0 atom stereocenters. The highest BCUT2D eigenvalue weighted by Gasteiger charge is 2.15. The van der Waals surface area contributed by atoms with E-state index in [4.69, 9.17) is 5.11 Å². The Balaban J connectivity index is 2.60. The number of urea groups is 1. The Labute approximate surface area is 149 Å². The van der Waals surface area contributed by atoms with E-state index >= 15 is 0 Å². The van der Waals surface area contributed by atoms with E-state index in [9.17, 15) is 14.0 Å². The molecular formula is C16H23BrFN3O3. The minimum Gasteiger partial charge on any atom is -0.395 e. The van der Waals surface area contributed by atoms with Gasteiger partial charge in [0.1, 0.15) is 5.82 Å². The van der Waals surface area contributed by atoms with Gasteiger partial charge in [0.05, 0.1) is 13.2 Å². The maximum Gasteiger partial charge on any atom is 0.321 e. The summed E-state index contributed by atoms with van der Waals surface area (Å²) in [6.45, 7) is 4.38. The SMILES string of the molecule is CC(C)CNC(=O)NC(=O)CN(CCO)Cc1cc(Br)ccc1F. The summed E-state index contributed by atoms with van der Waals surface area (Å²) >= 11 is 3.27. The van der Waals surface area contributed by atoms with Gasteiger partial charge in [-0.2, -0.15) is 0 Å². The Morgan fingerprint density at radius 2 is 2.08 bits per heavy atom. The van der Waals surface area contributed by atoms with Crippen LogP contribution in [0.3, 0.4) is 0 Å². The van der Waals surface area contributed by atoms with Crippen molar-refractivity contribution in [3.05, 3.63) is 34.1 Å². The lowest BCUT2D eigenvalue weighted by atomic mass is 10.2. The molecule has 3 amide bonds. The van der Waals surface area contributed by atoms with Crippen LogP contribution in [0.4, 0.5) is 9.18 Å². The minimum absolute atomic E-state index is 0.123. The summed E-state index contributed by atoms with van der Waals surface area (Å²) in [6.07, 6.45) is 0. The first kappa shape index (κ1) is 20.5. The van der Waals surface area contributed by atoms with Crippen molar-refractivity contribution in [2.24, 2.45) is 5.92 Å². The molecule has 0 bridgehead atoms. The van der Waals surface area contributed by atoms with Crippen LogP contribution >= 0.6 is 15.9 Å². The Kier molecular flexibility index (Phi) is 8.88. The number of halogens is 2. The fourth-order valence-electron chi connectivity index (χ4n) is 1.97. The van der Waals surface area contributed by atoms with Crippen molar-refractivity contribution in [3.8, 4) is 0 Å². The molecule has 3 N–H and O–H groups in total. The summed E-state index contributed by atoms with van der Waals surface area (Å²) in [5, 5.41) is 13.9. The Bertz CT molecular complexity index is 569. The van der Waals surface area contributed by atoms with Crippen molar-refractivity contribution in [1.29, 1.82) is 0 Å². The number of carbonyl (C=O) groups is 2. The standard InChI is InChI=1S/C16H23BrFN3O3/c1-11(2)8-19-16(24)20-15(23)10-21(5-6-22)9-12-7-13(17)3-4-14(12)18/h3-4,7,11,22H,5-6,8-10H2,1-2H3,(H2,19,20,23,24). The lowest BCUT2D eigenvalue weighted by molar-refractivity contribution is -0.121. The molecule has 8 heteroatoms. The third kappa shape index (κ3) is 7.85. The van der Waals surface area contributed by atoms with Crippen molar-refractivity contribution in [1.82, 2.24) is 15.5 Å². The number of carbonyl (C=O) groups excluding carboxylic acids is 2. The molecule has 0 aliphatic rings. The van der Waals surface area contributed by atoms with Gasteiger partial charge < -0.3 is 10.4 Å². The number of hydrogen-bond acceptors (Lipinski definition) is 4. The highest BCUT2D eigenvalue weighted by molar-refractivity contribution is 9.10. The third-order valence-corrected chi connectivity index (χ3v) is 3.60. The minimum atomic E-state index is -0.564. The molecule has 24 heavy (non-hydrogen) atoms. The zero-order chi connectivity index (χ0) is 18.1. The van der Waals surface area contributed by atoms with E-state index in [2.05, 4.69) is 26.6 Å². The number of aliphatic hydroxyl groups is 1. The molecule has 0 unspecified atom stereocenters. The largest absolute Gasteiger partial charge is 0.395 e. The molecule has 0 aromatic heterocycles. The molecule has 0 saturated carbocycles. The first-order chi connectivity index (χ1) is 11.3. The van der Waals surface area contributed by atoms with Crippen molar-refractivity contribution >= 4 is 27.9 Å². The zero-order valence-corrected chi connectivity index (χ0v) is 15.4. The van der Waals surface area contributed by atoms with E-state index < -0.39 is 17.8 Å². The summed E-state index contributed by atoms with van der Waals surface area (Å²) in [6, 6.07) is 3.97. The normalized spacial score (nSPS) is 11.0. The molecule has 0 saturated heterocycles. The maximum atomic E-state index is 13.8. The molecule has 0 aliphatic carbocycles. The van der Waals surface area contributed by atoms with E-state index in [1.165, 1.54) is 6.07 Å². The summed E-state index contributed by atoms with van der Waals surface area (Å²) in [5.74, 6) is -0.632. The van der Waals surface area contributed by atoms with Gasteiger partial charge in [0, 0.05) is 29.7 Å². The molecule has 0 radical (unpaired) electrons. The number of aliphatic hydroxyl groups excluding tert-OH is 1. The topological polar surface area (TPSA) is 81.7 Å².